The molecule has 0 unspecified atom stereocenters. The second-order valence-corrected chi connectivity index (χ2v) is 5.54. The van der Waals surface area contributed by atoms with Crippen molar-refractivity contribution >= 4 is 17.5 Å². The van der Waals surface area contributed by atoms with Gasteiger partial charge in [-0.1, -0.05) is 0 Å². The monoisotopic (exact) mass is 293 g/mol. The maximum absolute atomic E-state index is 13.8. The van der Waals surface area contributed by atoms with E-state index in [9.17, 15) is 14.0 Å². The number of halogens is 1. The normalized spacial score (nSPS) is 15.9. The van der Waals surface area contributed by atoms with Crippen LogP contribution in [-0.2, 0) is 4.79 Å². The SMILES string of the molecule is CN(C)C(=O)C1CCN(C(=O)c2ccc(N)cc2F)CC1. The van der Waals surface area contributed by atoms with E-state index in [1.165, 1.54) is 12.1 Å². The van der Waals surface area contributed by atoms with Crippen LogP contribution in [0.3, 0.4) is 0 Å². The van der Waals surface area contributed by atoms with Crippen molar-refractivity contribution in [1.82, 2.24) is 9.80 Å². The molecule has 6 heteroatoms. The molecule has 1 fully saturated rings. The molecule has 0 atom stereocenters. The minimum Gasteiger partial charge on any atom is -0.399 e. The molecule has 1 saturated heterocycles. The number of hydrogen-bond donors (Lipinski definition) is 1. The van der Waals surface area contributed by atoms with Gasteiger partial charge in [-0.2, -0.15) is 0 Å². The molecule has 2 N–H and O–H groups in total. The summed E-state index contributed by atoms with van der Waals surface area (Å²) in [6.07, 6.45) is 1.22. The van der Waals surface area contributed by atoms with E-state index in [1.807, 2.05) is 0 Å². The Morgan fingerprint density at radius 3 is 2.43 bits per heavy atom. The third-order valence-corrected chi connectivity index (χ3v) is 3.80. The Morgan fingerprint density at radius 1 is 1.29 bits per heavy atom. The second-order valence-electron chi connectivity index (χ2n) is 5.54. The largest absolute Gasteiger partial charge is 0.399 e. The molecular formula is C15H20FN3O2. The van der Waals surface area contributed by atoms with E-state index in [1.54, 1.807) is 23.9 Å². The fourth-order valence-corrected chi connectivity index (χ4v) is 2.57. The van der Waals surface area contributed by atoms with Gasteiger partial charge in [0.2, 0.25) is 5.91 Å². The van der Waals surface area contributed by atoms with Crippen molar-refractivity contribution in [1.29, 1.82) is 0 Å². The zero-order chi connectivity index (χ0) is 15.6. The highest BCUT2D eigenvalue weighted by Crippen LogP contribution is 2.22. The number of amides is 2. The lowest BCUT2D eigenvalue weighted by atomic mass is 9.95. The van der Waals surface area contributed by atoms with Gasteiger partial charge >= 0.3 is 0 Å². The van der Waals surface area contributed by atoms with Crippen LogP contribution in [0.5, 0.6) is 0 Å². The van der Waals surface area contributed by atoms with Crippen molar-refractivity contribution in [3.05, 3.63) is 29.6 Å². The average Bonchev–Trinajstić information content (AvgIpc) is 2.46. The van der Waals surface area contributed by atoms with Crippen molar-refractivity contribution in [2.24, 2.45) is 5.92 Å². The molecule has 0 aliphatic carbocycles. The van der Waals surface area contributed by atoms with Crippen LogP contribution in [0.4, 0.5) is 10.1 Å². The molecule has 1 aliphatic rings. The van der Waals surface area contributed by atoms with E-state index in [0.29, 0.717) is 31.6 Å². The van der Waals surface area contributed by atoms with Crippen molar-refractivity contribution in [3.63, 3.8) is 0 Å². The first-order valence-corrected chi connectivity index (χ1v) is 6.95. The topological polar surface area (TPSA) is 66.6 Å². The summed E-state index contributed by atoms with van der Waals surface area (Å²) in [6, 6.07) is 4.07. The molecule has 2 rings (SSSR count). The third-order valence-electron chi connectivity index (χ3n) is 3.80. The molecule has 1 aromatic carbocycles. The fraction of sp³-hybridized carbons (Fsp3) is 0.467. The molecule has 5 nitrogen and oxygen atoms in total. The first-order chi connectivity index (χ1) is 9.90. The molecule has 0 bridgehead atoms. The van der Waals surface area contributed by atoms with Gasteiger partial charge < -0.3 is 15.5 Å². The van der Waals surface area contributed by atoms with Crippen LogP contribution in [0.1, 0.15) is 23.2 Å². The van der Waals surface area contributed by atoms with Crippen molar-refractivity contribution in [2.75, 3.05) is 32.9 Å². The molecule has 1 aliphatic heterocycles. The van der Waals surface area contributed by atoms with Gasteiger partial charge in [-0.25, -0.2) is 4.39 Å². The van der Waals surface area contributed by atoms with Crippen LogP contribution in [0.15, 0.2) is 18.2 Å². The number of piperidine rings is 1. The highest BCUT2D eigenvalue weighted by atomic mass is 19.1. The zero-order valence-electron chi connectivity index (χ0n) is 12.3. The van der Waals surface area contributed by atoms with Gasteiger partial charge in [-0.05, 0) is 31.0 Å². The number of hydrogen-bond acceptors (Lipinski definition) is 3. The number of benzene rings is 1. The first-order valence-electron chi connectivity index (χ1n) is 6.95. The van der Waals surface area contributed by atoms with Crippen LogP contribution in [0.2, 0.25) is 0 Å². The minimum absolute atomic E-state index is 0.0292. The molecule has 0 aromatic heterocycles. The summed E-state index contributed by atoms with van der Waals surface area (Å²) in [6.45, 7) is 0.930. The summed E-state index contributed by atoms with van der Waals surface area (Å²) >= 11 is 0. The number of anilines is 1. The summed E-state index contributed by atoms with van der Waals surface area (Å²) in [5.74, 6) is -0.921. The van der Waals surface area contributed by atoms with Crippen LogP contribution >= 0.6 is 0 Å². The van der Waals surface area contributed by atoms with E-state index in [2.05, 4.69) is 0 Å². The molecule has 0 saturated carbocycles. The number of carbonyl (C=O) groups excluding carboxylic acids is 2. The number of carbonyl (C=O) groups is 2. The van der Waals surface area contributed by atoms with E-state index in [0.717, 1.165) is 6.07 Å². The van der Waals surface area contributed by atoms with Crippen LogP contribution in [0.25, 0.3) is 0 Å². The molecule has 1 aromatic rings. The summed E-state index contributed by atoms with van der Waals surface area (Å²) in [5, 5.41) is 0. The first kappa shape index (κ1) is 15.3. The number of nitrogen functional groups attached to an aromatic ring is 1. The Hall–Kier alpha value is -2.11. The van der Waals surface area contributed by atoms with Gasteiger partial charge in [0.25, 0.3) is 5.91 Å². The predicted molar refractivity (Wildman–Crippen MR) is 78.1 cm³/mol. The molecule has 1 heterocycles. The average molecular weight is 293 g/mol. The highest BCUT2D eigenvalue weighted by molar-refractivity contribution is 5.95. The Balaban J connectivity index is 2.02. The van der Waals surface area contributed by atoms with Crippen LogP contribution < -0.4 is 5.73 Å². The van der Waals surface area contributed by atoms with Crippen LogP contribution in [-0.4, -0.2) is 48.8 Å². The standard InChI is InChI=1S/C15H20FN3O2/c1-18(2)14(20)10-5-7-19(8-6-10)15(21)12-4-3-11(17)9-13(12)16/h3-4,9-10H,5-8,17H2,1-2H3. The Kier molecular flexibility index (Phi) is 4.45. The van der Waals surface area contributed by atoms with Gasteiger partial charge in [0.1, 0.15) is 5.82 Å². The Morgan fingerprint density at radius 2 is 1.90 bits per heavy atom. The Labute approximate surface area is 123 Å². The number of nitrogens with zero attached hydrogens (tertiary/aromatic N) is 2. The number of likely N-dealkylation sites (tertiary alicyclic amines) is 1. The Bertz CT molecular complexity index is 552. The van der Waals surface area contributed by atoms with Crippen LogP contribution in [0, 0.1) is 11.7 Å². The summed E-state index contributed by atoms with van der Waals surface area (Å²) in [7, 11) is 3.45. The molecule has 0 spiro atoms. The van der Waals surface area contributed by atoms with E-state index < -0.39 is 5.82 Å². The van der Waals surface area contributed by atoms with E-state index in [4.69, 9.17) is 5.73 Å². The summed E-state index contributed by atoms with van der Waals surface area (Å²) < 4.78 is 13.8. The van der Waals surface area contributed by atoms with E-state index >= 15 is 0 Å². The zero-order valence-corrected chi connectivity index (χ0v) is 12.3. The van der Waals surface area contributed by atoms with E-state index in [-0.39, 0.29) is 23.3 Å². The van der Waals surface area contributed by atoms with Gasteiger partial charge in [0.15, 0.2) is 0 Å². The molecule has 2 amide bonds. The quantitative estimate of drug-likeness (QED) is 0.837. The van der Waals surface area contributed by atoms with Crippen molar-refractivity contribution < 1.29 is 14.0 Å². The lowest BCUT2D eigenvalue weighted by Crippen LogP contribution is -2.43. The minimum atomic E-state index is -0.605. The van der Waals surface area contributed by atoms with Gasteiger partial charge in [0.05, 0.1) is 5.56 Å². The predicted octanol–water partition coefficient (Wildman–Crippen LogP) is 1.35. The summed E-state index contributed by atoms with van der Waals surface area (Å²) in [5.41, 5.74) is 5.80. The van der Waals surface area contributed by atoms with Gasteiger partial charge in [0, 0.05) is 38.8 Å². The second kappa shape index (κ2) is 6.11. The number of rotatable bonds is 2. The molecule has 21 heavy (non-hydrogen) atoms. The number of nitrogens with two attached hydrogens (primary N) is 1. The molecule has 114 valence electrons. The van der Waals surface area contributed by atoms with Gasteiger partial charge in [-0.3, -0.25) is 9.59 Å². The van der Waals surface area contributed by atoms with Crippen molar-refractivity contribution in [3.8, 4) is 0 Å². The fourth-order valence-electron chi connectivity index (χ4n) is 2.57. The summed E-state index contributed by atoms with van der Waals surface area (Å²) in [4.78, 5) is 27.3. The lowest BCUT2D eigenvalue weighted by molar-refractivity contribution is -0.134. The lowest BCUT2D eigenvalue weighted by Gasteiger charge is -2.32. The van der Waals surface area contributed by atoms with Gasteiger partial charge in [-0.15, -0.1) is 0 Å². The molecule has 0 radical (unpaired) electrons. The third kappa shape index (κ3) is 3.32. The molecular weight excluding hydrogens is 273 g/mol. The van der Waals surface area contributed by atoms with Crippen molar-refractivity contribution in [2.45, 2.75) is 12.8 Å². The maximum atomic E-state index is 13.8. The maximum Gasteiger partial charge on any atom is 0.256 e. The smallest absolute Gasteiger partial charge is 0.256 e. The highest BCUT2D eigenvalue weighted by Gasteiger charge is 2.29.